The van der Waals surface area contributed by atoms with Crippen molar-refractivity contribution in [3.63, 3.8) is 0 Å². The Balaban J connectivity index is 1.57. The Hall–Kier alpha value is -2.98. The Kier molecular flexibility index (Phi) is 5.96. The third-order valence-electron chi connectivity index (χ3n) is 5.06. The maximum Gasteiger partial charge on any atom is 0.336 e. The topological polar surface area (TPSA) is 116 Å². The summed E-state index contributed by atoms with van der Waals surface area (Å²) < 4.78 is 12.5. The molecule has 1 aliphatic rings. The molecule has 3 aromatic rings. The number of pyridine rings is 1. The van der Waals surface area contributed by atoms with E-state index in [4.69, 9.17) is 20.2 Å². The van der Waals surface area contributed by atoms with Gasteiger partial charge < -0.3 is 25.4 Å². The van der Waals surface area contributed by atoms with Gasteiger partial charge in [-0.25, -0.2) is 14.5 Å². The van der Waals surface area contributed by atoms with Gasteiger partial charge in [0.1, 0.15) is 11.9 Å². The molecule has 4 heterocycles. The number of nitrogen functional groups attached to an aromatic ring is 1. The average Bonchev–Trinajstić information content (AvgIpc) is 3.12. The van der Waals surface area contributed by atoms with Crippen LogP contribution in [0.3, 0.4) is 0 Å². The zero-order chi connectivity index (χ0) is 21.1. The van der Waals surface area contributed by atoms with Crippen molar-refractivity contribution >= 4 is 17.3 Å². The van der Waals surface area contributed by atoms with Crippen molar-refractivity contribution in [1.29, 1.82) is 0 Å². The lowest BCUT2D eigenvalue weighted by atomic mass is 10.1. The molecule has 0 amide bonds. The monoisotopic (exact) mass is 412 g/mol. The molecule has 0 aliphatic carbocycles. The summed E-state index contributed by atoms with van der Waals surface area (Å²) >= 11 is 0. The summed E-state index contributed by atoms with van der Waals surface area (Å²) in [4.78, 5) is 15.6. The fourth-order valence-corrected chi connectivity index (χ4v) is 3.69. The number of aryl methyl sites for hydroxylation is 1. The summed E-state index contributed by atoms with van der Waals surface area (Å²) in [5.74, 6) is 1.33. The number of nitrogens with zero attached hydrogens (tertiary/aromatic N) is 6. The standard InChI is InChI=1S/C20H28N8O2/c1-13-8-15(10-23-18(13)27-6-4-22-5-7-27)9-16-11-24-19-17(21)25-20(26-28(16)19)30-14(2)12-29-3/h8,10-11,14,22H,4-7,9,12H2,1-3H3,(H2,21,25,26). The van der Waals surface area contributed by atoms with Crippen molar-refractivity contribution in [2.24, 2.45) is 0 Å². The van der Waals surface area contributed by atoms with Crippen LogP contribution in [0.1, 0.15) is 23.7 Å². The predicted octanol–water partition coefficient (Wildman–Crippen LogP) is 0.824. The van der Waals surface area contributed by atoms with Crippen LogP contribution >= 0.6 is 0 Å². The molecule has 4 rings (SSSR count). The predicted molar refractivity (Wildman–Crippen MR) is 114 cm³/mol. The van der Waals surface area contributed by atoms with Crippen molar-refractivity contribution in [2.75, 3.05) is 50.5 Å². The molecular formula is C20H28N8O2. The number of anilines is 2. The van der Waals surface area contributed by atoms with Gasteiger partial charge in [-0.05, 0) is 25.0 Å². The molecule has 0 spiro atoms. The van der Waals surface area contributed by atoms with Gasteiger partial charge in [0.2, 0.25) is 0 Å². The molecule has 0 aromatic carbocycles. The van der Waals surface area contributed by atoms with E-state index in [0.717, 1.165) is 48.8 Å². The molecule has 1 saturated heterocycles. The first-order valence-electron chi connectivity index (χ1n) is 10.1. The second-order valence-electron chi connectivity index (χ2n) is 7.55. The first-order valence-corrected chi connectivity index (χ1v) is 10.1. The van der Waals surface area contributed by atoms with Crippen LogP contribution in [0, 0.1) is 6.92 Å². The number of methoxy groups -OCH3 is 1. The number of nitrogens with one attached hydrogen (secondary N) is 1. The molecule has 1 atom stereocenters. The molecule has 1 fully saturated rings. The number of piperazine rings is 1. The van der Waals surface area contributed by atoms with Crippen molar-refractivity contribution in [3.8, 4) is 6.01 Å². The summed E-state index contributed by atoms with van der Waals surface area (Å²) in [5.41, 5.74) is 9.72. The van der Waals surface area contributed by atoms with Crippen LogP contribution in [-0.4, -0.2) is 70.6 Å². The molecule has 3 aromatic heterocycles. The Labute approximate surface area is 175 Å². The lowest BCUT2D eigenvalue weighted by molar-refractivity contribution is 0.0846. The second kappa shape index (κ2) is 8.80. The van der Waals surface area contributed by atoms with E-state index in [1.165, 1.54) is 0 Å². The van der Waals surface area contributed by atoms with E-state index in [1.54, 1.807) is 17.8 Å². The summed E-state index contributed by atoms with van der Waals surface area (Å²) in [6, 6.07) is 2.37. The first kappa shape index (κ1) is 20.3. The Bertz CT molecular complexity index is 1020. The Morgan fingerprint density at radius 1 is 1.23 bits per heavy atom. The normalized spacial score (nSPS) is 15.5. The zero-order valence-electron chi connectivity index (χ0n) is 17.6. The molecule has 10 heteroatoms. The molecular weight excluding hydrogens is 384 g/mol. The molecule has 160 valence electrons. The molecule has 0 radical (unpaired) electrons. The van der Waals surface area contributed by atoms with Crippen LogP contribution < -0.4 is 20.7 Å². The number of hydrogen-bond acceptors (Lipinski definition) is 9. The van der Waals surface area contributed by atoms with Gasteiger partial charge in [0, 0.05) is 45.9 Å². The van der Waals surface area contributed by atoms with Crippen LogP contribution in [0.15, 0.2) is 18.5 Å². The number of fused-ring (bicyclic) bond motifs is 1. The highest BCUT2D eigenvalue weighted by molar-refractivity contribution is 5.60. The van der Waals surface area contributed by atoms with Crippen LogP contribution in [0.5, 0.6) is 6.01 Å². The summed E-state index contributed by atoms with van der Waals surface area (Å²) in [6.45, 7) is 8.34. The van der Waals surface area contributed by atoms with Gasteiger partial charge in [0.25, 0.3) is 0 Å². The molecule has 1 aliphatic heterocycles. The van der Waals surface area contributed by atoms with Gasteiger partial charge in [-0.15, -0.1) is 5.10 Å². The third-order valence-corrected chi connectivity index (χ3v) is 5.06. The van der Waals surface area contributed by atoms with E-state index >= 15 is 0 Å². The van der Waals surface area contributed by atoms with E-state index in [9.17, 15) is 0 Å². The number of nitrogens with two attached hydrogens (primary N) is 1. The SMILES string of the molecule is COCC(C)Oc1nc(N)c2ncc(Cc3cnc(N4CCNCC4)c(C)c3)n2n1. The van der Waals surface area contributed by atoms with Crippen LogP contribution in [-0.2, 0) is 11.2 Å². The molecule has 0 saturated carbocycles. The molecule has 1 unspecified atom stereocenters. The van der Waals surface area contributed by atoms with Crippen molar-refractivity contribution in [2.45, 2.75) is 26.4 Å². The minimum atomic E-state index is -0.191. The van der Waals surface area contributed by atoms with E-state index in [2.05, 4.69) is 38.3 Å². The van der Waals surface area contributed by atoms with Crippen molar-refractivity contribution in [3.05, 3.63) is 35.3 Å². The number of hydrogen-bond donors (Lipinski definition) is 2. The fourth-order valence-electron chi connectivity index (χ4n) is 3.69. The van der Waals surface area contributed by atoms with Gasteiger partial charge in [-0.2, -0.15) is 4.98 Å². The lowest BCUT2D eigenvalue weighted by Crippen LogP contribution is -2.44. The highest BCUT2D eigenvalue weighted by atomic mass is 16.5. The molecule has 10 nitrogen and oxygen atoms in total. The van der Waals surface area contributed by atoms with Crippen molar-refractivity contribution < 1.29 is 9.47 Å². The number of imidazole rings is 1. The second-order valence-corrected chi connectivity index (χ2v) is 7.55. The number of rotatable bonds is 7. The van der Waals surface area contributed by atoms with E-state index in [1.807, 2.05) is 13.1 Å². The first-order chi connectivity index (χ1) is 14.5. The lowest BCUT2D eigenvalue weighted by Gasteiger charge is -2.29. The minimum Gasteiger partial charge on any atom is -0.457 e. The van der Waals surface area contributed by atoms with Gasteiger partial charge in [0.15, 0.2) is 11.5 Å². The zero-order valence-corrected chi connectivity index (χ0v) is 17.6. The van der Waals surface area contributed by atoms with Crippen molar-refractivity contribution in [1.82, 2.24) is 29.9 Å². The number of ether oxygens (including phenoxy) is 2. The largest absolute Gasteiger partial charge is 0.457 e. The number of aromatic nitrogens is 5. The van der Waals surface area contributed by atoms with Crippen LogP contribution in [0.4, 0.5) is 11.6 Å². The molecule has 30 heavy (non-hydrogen) atoms. The minimum absolute atomic E-state index is 0.191. The van der Waals surface area contributed by atoms with E-state index in [-0.39, 0.29) is 17.9 Å². The van der Waals surface area contributed by atoms with E-state index < -0.39 is 0 Å². The molecule has 0 bridgehead atoms. The molecule has 3 N–H and O–H groups in total. The summed E-state index contributed by atoms with van der Waals surface area (Å²) in [6.07, 6.45) is 4.12. The van der Waals surface area contributed by atoms with Gasteiger partial charge in [-0.1, -0.05) is 6.07 Å². The third kappa shape index (κ3) is 4.29. The maximum absolute atomic E-state index is 6.07. The van der Waals surface area contributed by atoms with Crippen LogP contribution in [0.2, 0.25) is 0 Å². The summed E-state index contributed by atoms with van der Waals surface area (Å²) in [5, 5.41) is 7.85. The Morgan fingerprint density at radius 3 is 2.77 bits per heavy atom. The fraction of sp³-hybridized carbons (Fsp3) is 0.500. The smallest absolute Gasteiger partial charge is 0.336 e. The Morgan fingerprint density at radius 2 is 2.03 bits per heavy atom. The average molecular weight is 412 g/mol. The van der Waals surface area contributed by atoms with Gasteiger partial charge in [-0.3, -0.25) is 0 Å². The van der Waals surface area contributed by atoms with E-state index in [0.29, 0.717) is 18.7 Å². The quantitative estimate of drug-likeness (QED) is 0.582. The summed E-state index contributed by atoms with van der Waals surface area (Å²) in [7, 11) is 1.62. The van der Waals surface area contributed by atoms with Gasteiger partial charge >= 0.3 is 6.01 Å². The maximum atomic E-state index is 6.07. The van der Waals surface area contributed by atoms with Gasteiger partial charge in [0.05, 0.1) is 18.5 Å². The highest BCUT2D eigenvalue weighted by Gasteiger charge is 2.17. The van der Waals surface area contributed by atoms with Crippen LogP contribution in [0.25, 0.3) is 5.65 Å². The highest BCUT2D eigenvalue weighted by Crippen LogP contribution is 2.21.